The van der Waals surface area contributed by atoms with Crippen molar-refractivity contribution in [1.82, 2.24) is 4.98 Å². The zero-order chi connectivity index (χ0) is 13.0. The average molecular weight is 240 g/mol. The number of pyridine rings is 1. The van der Waals surface area contributed by atoms with Crippen molar-refractivity contribution < 1.29 is 20.1 Å². The number of aliphatic hydroxyl groups is 2. The van der Waals surface area contributed by atoms with Crippen LogP contribution in [0.25, 0.3) is 0 Å². The van der Waals surface area contributed by atoms with Crippen LogP contribution >= 0.6 is 0 Å². The Balaban J connectivity index is 2.93. The van der Waals surface area contributed by atoms with E-state index in [4.69, 9.17) is 10.8 Å². The predicted octanol–water partition coefficient (Wildman–Crippen LogP) is -0.169. The third-order valence-corrected chi connectivity index (χ3v) is 2.47. The minimum atomic E-state index is -1.12. The summed E-state index contributed by atoms with van der Waals surface area (Å²) in [6, 6.07) is 1.50. The topological polar surface area (TPSA) is 117 Å². The van der Waals surface area contributed by atoms with E-state index in [2.05, 4.69) is 4.98 Å². The summed E-state index contributed by atoms with van der Waals surface area (Å²) in [7, 11) is 0. The number of carboxylic acid groups (broad SMARTS) is 1. The second-order valence-electron chi connectivity index (χ2n) is 3.83. The molecule has 0 radical (unpaired) electrons. The maximum atomic E-state index is 10.7. The van der Waals surface area contributed by atoms with Crippen molar-refractivity contribution in [3.63, 3.8) is 0 Å². The zero-order valence-corrected chi connectivity index (χ0v) is 9.50. The maximum Gasteiger partial charge on any atom is 0.354 e. The fourth-order valence-corrected chi connectivity index (χ4v) is 1.53. The number of aliphatic hydroxyl groups excluding tert-OH is 2. The molecule has 0 aliphatic rings. The van der Waals surface area contributed by atoms with Gasteiger partial charge in [-0.2, -0.15) is 0 Å². The lowest BCUT2D eigenvalue weighted by molar-refractivity contribution is 0.0148. The van der Waals surface area contributed by atoms with Crippen molar-refractivity contribution >= 4 is 5.97 Å². The fourth-order valence-electron chi connectivity index (χ4n) is 1.53. The average Bonchev–Trinajstić information content (AvgIpc) is 2.27. The minimum absolute atomic E-state index is 0.0609. The van der Waals surface area contributed by atoms with E-state index in [0.717, 1.165) is 0 Å². The second kappa shape index (κ2) is 5.72. The van der Waals surface area contributed by atoms with E-state index < -0.39 is 18.2 Å². The van der Waals surface area contributed by atoms with Crippen LogP contribution < -0.4 is 5.73 Å². The van der Waals surface area contributed by atoms with Crippen LogP contribution in [-0.4, -0.2) is 38.9 Å². The number of aryl methyl sites for hydroxylation is 1. The molecule has 0 spiro atoms. The van der Waals surface area contributed by atoms with Crippen LogP contribution in [0.2, 0.25) is 0 Å². The van der Waals surface area contributed by atoms with Gasteiger partial charge in [0.2, 0.25) is 0 Å². The highest BCUT2D eigenvalue weighted by Gasteiger charge is 2.19. The molecule has 17 heavy (non-hydrogen) atoms. The number of nitrogens with two attached hydrogens (primary N) is 1. The molecule has 94 valence electrons. The Labute approximate surface area is 98.7 Å². The van der Waals surface area contributed by atoms with Crippen LogP contribution in [0.4, 0.5) is 0 Å². The second-order valence-corrected chi connectivity index (χ2v) is 3.83. The monoisotopic (exact) mass is 240 g/mol. The Bertz CT molecular complexity index is 408. The Morgan fingerprint density at radius 2 is 2.18 bits per heavy atom. The van der Waals surface area contributed by atoms with E-state index in [9.17, 15) is 15.0 Å². The molecule has 0 fully saturated rings. The smallest absolute Gasteiger partial charge is 0.354 e. The van der Waals surface area contributed by atoms with Crippen molar-refractivity contribution in [3.8, 4) is 0 Å². The molecular formula is C11H16N2O4. The van der Waals surface area contributed by atoms with Crippen molar-refractivity contribution in [2.24, 2.45) is 5.73 Å². The van der Waals surface area contributed by atoms with Gasteiger partial charge in [-0.15, -0.1) is 0 Å². The quantitative estimate of drug-likeness (QED) is 0.567. The van der Waals surface area contributed by atoms with Crippen LogP contribution in [0, 0.1) is 6.92 Å². The first-order chi connectivity index (χ1) is 7.97. The number of aromatic nitrogens is 1. The summed E-state index contributed by atoms with van der Waals surface area (Å²) in [6.45, 7) is 1.85. The number of rotatable bonds is 5. The molecule has 0 amide bonds. The van der Waals surface area contributed by atoms with Crippen LogP contribution in [-0.2, 0) is 0 Å². The SMILES string of the molecule is Cc1cc(C(O)C(O)CCN)cnc1C(=O)O. The van der Waals surface area contributed by atoms with Crippen LogP contribution in [0.15, 0.2) is 12.3 Å². The predicted molar refractivity (Wildman–Crippen MR) is 60.6 cm³/mol. The molecular weight excluding hydrogens is 224 g/mol. The standard InChI is InChI=1S/C11H16N2O4/c1-6-4-7(5-13-9(6)11(16)17)10(15)8(14)2-3-12/h4-5,8,10,14-15H,2-3,12H2,1H3,(H,16,17). The van der Waals surface area contributed by atoms with Crippen LogP contribution in [0.3, 0.4) is 0 Å². The van der Waals surface area contributed by atoms with Gasteiger partial charge in [0.1, 0.15) is 6.10 Å². The molecule has 0 aliphatic heterocycles. The Morgan fingerprint density at radius 3 is 2.65 bits per heavy atom. The largest absolute Gasteiger partial charge is 0.477 e. The van der Waals surface area contributed by atoms with Crippen molar-refractivity contribution in [3.05, 3.63) is 29.1 Å². The Hall–Kier alpha value is -1.50. The van der Waals surface area contributed by atoms with Gasteiger partial charge in [0, 0.05) is 11.8 Å². The first kappa shape index (κ1) is 13.6. The fraction of sp³-hybridized carbons (Fsp3) is 0.455. The molecule has 0 aromatic carbocycles. The molecule has 6 heteroatoms. The molecule has 1 aromatic heterocycles. The summed E-state index contributed by atoms with van der Waals surface area (Å²) >= 11 is 0. The van der Waals surface area contributed by atoms with E-state index in [1.165, 1.54) is 12.3 Å². The van der Waals surface area contributed by atoms with Crippen molar-refractivity contribution in [1.29, 1.82) is 0 Å². The van der Waals surface area contributed by atoms with E-state index >= 15 is 0 Å². The molecule has 5 N–H and O–H groups in total. The molecule has 2 atom stereocenters. The van der Waals surface area contributed by atoms with Gasteiger partial charge in [-0.25, -0.2) is 9.78 Å². The molecule has 1 heterocycles. The summed E-state index contributed by atoms with van der Waals surface area (Å²) in [6.07, 6.45) is -0.564. The number of carboxylic acids is 1. The number of carbonyl (C=O) groups is 1. The zero-order valence-electron chi connectivity index (χ0n) is 9.50. The van der Waals surface area contributed by atoms with Gasteiger partial charge in [-0.3, -0.25) is 0 Å². The normalized spacial score (nSPS) is 14.4. The highest BCUT2D eigenvalue weighted by molar-refractivity contribution is 5.86. The number of aromatic carboxylic acids is 1. The van der Waals surface area contributed by atoms with E-state index in [1.54, 1.807) is 6.92 Å². The van der Waals surface area contributed by atoms with Crippen LogP contribution in [0.5, 0.6) is 0 Å². The van der Waals surface area contributed by atoms with E-state index in [-0.39, 0.29) is 18.7 Å². The van der Waals surface area contributed by atoms with Crippen molar-refractivity contribution in [2.45, 2.75) is 25.6 Å². The Kier molecular flexibility index (Phi) is 4.56. The summed E-state index contributed by atoms with van der Waals surface area (Å²) in [4.78, 5) is 14.5. The maximum absolute atomic E-state index is 10.7. The van der Waals surface area contributed by atoms with Gasteiger partial charge < -0.3 is 21.1 Å². The highest BCUT2D eigenvalue weighted by atomic mass is 16.4. The third kappa shape index (κ3) is 3.23. The van der Waals surface area contributed by atoms with Gasteiger partial charge >= 0.3 is 5.97 Å². The summed E-state index contributed by atoms with van der Waals surface area (Å²) in [5, 5.41) is 28.1. The molecule has 1 aromatic rings. The highest BCUT2D eigenvalue weighted by Crippen LogP contribution is 2.20. The third-order valence-electron chi connectivity index (χ3n) is 2.47. The summed E-state index contributed by atoms with van der Waals surface area (Å²) in [5.74, 6) is -1.12. The summed E-state index contributed by atoms with van der Waals surface area (Å²) < 4.78 is 0. The molecule has 0 bridgehead atoms. The minimum Gasteiger partial charge on any atom is -0.477 e. The molecule has 2 unspecified atom stereocenters. The van der Waals surface area contributed by atoms with Crippen LogP contribution in [0.1, 0.15) is 34.1 Å². The van der Waals surface area contributed by atoms with Gasteiger partial charge in [-0.1, -0.05) is 0 Å². The molecule has 1 rings (SSSR count). The lowest BCUT2D eigenvalue weighted by Gasteiger charge is -2.17. The lowest BCUT2D eigenvalue weighted by atomic mass is 10.0. The van der Waals surface area contributed by atoms with Crippen molar-refractivity contribution in [2.75, 3.05) is 6.54 Å². The molecule has 0 aliphatic carbocycles. The van der Waals surface area contributed by atoms with Gasteiger partial charge in [0.15, 0.2) is 5.69 Å². The first-order valence-corrected chi connectivity index (χ1v) is 5.23. The molecule has 0 saturated carbocycles. The number of hydrogen-bond donors (Lipinski definition) is 4. The van der Waals surface area contributed by atoms with Gasteiger partial charge in [0.25, 0.3) is 0 Å². The van der Waals surface area contributed by atoms with E-state index in [0.29, 0.717) is 11.1 Å². The lowest BCUT2D eigenvalue weighted by Crippen LogP contribution is -2.22. The Morgan fingerprint density at radius 1 is 1.53 bits per heavy atom. The molecule has 6 nitrogen and oxygen atoms in total. The number of hydrogen-bond acceptors (Lipinski definition) is 5. The van der Waals surface area contributed by atoms with E-state index in [1.807, 2.05) is 0 Å². The molecule has 0 saturated heterocycles. The van der Waals surface area contributed by atoms with Gasteiger partial charge in [-0.05, 0) is 31.5 Å². The first-order valence-electron chi connectivity index (χ1n) is 5.23. The van der Waals surface area contributed by atoms with Gasteiger partial charge in [0.05, 0.1) is 6.10 Å². The summed E-state index contributed by atoms with van der Waals surface area (Å²) in [5.41, 5.74) is 6.04. The number of nitrogens with zero attached hydrogens (tertiary/aromatic N) is 1.